The Morgan fingerprint density at radius 3 is 1.50 bits per heavy atom. The molecular formula is C49H31N3. The van der Waals surface area contributed by atoms with Gasteiger partial charge in [-0.15, -0.1) is 0 Å². The normalized spacial score (nSPS) is 11.1. The number of rotatable bonds is 6. The Morgan fingerprint density at radius 2 is 0.846 bits per heavy atom. The molecule has 1 aromatic heterocycles. The van der Waals surface area contributed by atoms with E-state index in [-0.39, 0.29) is 0 Å². The molecule has 0 atom stereocenters. The van der Waals surface area contributed by atoms with Crippen LogP contribution in [0, 0.1) is 6.57 Å². The number of fused-ring (bicyclic) bond motifs is 2. The summed E-state index contributed by atoms with van der Waals surface area (Å²) in [5, 5.41) is 4.77. The molecule has 9 aromatic rings. The molecule has 0 bridgehead atoms. The molecule has 0 unspecified atom stereocenters. The fourth-order valence-corrected chi connectivity index (χ4v) is 7.12. The molecule has 0 fully saturated rings. The van der Waals surface area contributed by atoms with Crippen molar-refractivity contribution in [2.45, 2.75) is 0 Å². The minimum absolute atomic E-state index is 0.643. The molecule has 3 heteroatoms. The third-order valence-electron chi connectivity index (χ3n) is 9.72. The monoisotopic (exact) mass is 661 g/mol. The van der Waals surface area contributed by atoms with Crippen LogP contribution in [0.25, 0.3) is 93.7 Å². The fraction of sp³-hybridized carbons (Fsp3) is 0. The maximum absolute atomic E-state index is 7.40. The molecular weight excluding hydrogens is 631 g/mol. The first kappa shape index (κ1) is 30.9. The molecule has 0 aliphatic carbocycles. The predicted molar refractivity (Wildman–Crippen MR) is 216 cm³/mol. The van der Waals surface area contributed by atoms with Gasteiger partial charge in [0.1, 0.15) is 0 Å². The quantitative estimate of drug-likeness (QED) is 0.166. The van der Waals surface area contributed by atoms with E-state index < -0.39 is 0 Å². The summed E-state index contributed by atoms with van der Waals surface area (Å²) in [6.45, 7) is 7.40. The summed E-state index contributed by atoms with van der Waals surface area (Å²) in [6, 6.07) is 65.4. The number of aromatic nitrogens is 2. The molecule has 242 valence electrons. The van der Waals surface area contributed by atoms with Gasteiger partial charge in [-0.25, -0.2) is 14.8 Å². The van der Waals surface area contributed by atoms with Crippen molar-refractivity contribution in [3.05, 3.63) is 199 Å². The van der Waals surface area contributed by atoms with Gasteiger partial charge in [-0.3, -0.25) is 0 Å². The van der Waals surface area contributed by atoms with Crippen molar-refractivity contribution in [1.82, 2.24) is 9.97 Å². The van der Waals surface area contributed by atoms with Crippen LogP contribution in [-0.4, -0.2) is 9.97 Å². The van der Waals surface area contributed by atoms with Crippen LogP contribution in [0.2, 0.25) is 0 Å². The molecule has 9 rings (SSSR count). The maximum Gasteiger partial charge on any atom is 0.187 e. The van der Waals surface area contributed by atoms with E-state index in [1.54, 1.807) is 0 Å². The Labute approximate surface area is 303 Å². The molecule has 52 heavy (non-hydrogen) atoms. The lowest BCUT2D eigenvalue weighted by atomic mass is 9.89. The summed E-state index contributed by atoms with van der Waals surface area (Å²) in [4.78, 5) is 13.6. The lowest BCUT2D eigenvalue weighted by Crippen LogP contribution is -1.95. The summed E-state index contributed by atoms with van der Waals surface area (Å²) in [5.41, 5.74) is 12.4. The van der Waals surface area contributed by atoms with Gasteiger partial charge in [0, 0.05) is 16.7 Å². The number of hydrogen-bond donors (Lipinski definition) is 0. The van der Waals surface area contributed by atoms with Gasteiger partial charge < -0.3 is 0 Å². The Bertz CT molecular complexity index is 2710. The summed E-state index contributed by atoms with van der Waals surface area (Å²) >= 11 is 0. The van der Waals surface area contributed by atoms with Gasteiger partial charge in [-0.1, -0.05) is 170 Å². The van der Waals surface area contributed by atoms with Crippen LogP contribution in [0.5, 0.6) is 0 Å². The van der Waals surface area contributed by atoms with Crippen molar-refractivity contribution in [3.8, 4) is 67.3 Å². The molecule has 8 aromatic carbocycles. The van der Waals surface area contributed by atoms with Gasteiger partial charge in [0.25, 0.3) is 0 Å². The molecule has 0 aliphatic heterocycles. The van der Waals surface area contributed by atoms with Crippen molar-refractivity contribution in [3.63, 3.8) is 0 Å². The predicted octanol–water partition coefficient (Wildman–Crippen LogP) is 13.3. The van der Waals surface area contributed by atoms with Crippen LogP contribution in [0.1, 0.15) is 0 Å². The molecule has 0 spiro atoms. The van der Waals surface area contributed by atoms with E-state index in [1.165, 1.54) is 32.7 Å². The second-order valence-electron chi connectivity index (χ2n) is 12.9. The lowest BCUT2D eigenvalue weighted by Gasteiger charge is -2.15. The Balaban J connectivity index is 1.12. The molecule has 1 heterocycles. The van der Waals surface area contributed by atoms with Gasteiger partial charge in [-0.2, -0.15) is 0 Å². The number of nitrogens with zero attached hydrogens (tertiary/aromatic N) is 3. The van der Waals surface area contributed by atoms with Crippen LogP contribution in [0.15, 0.2) is 188 Å². The zero-order valence-corrected chi connectivity index (χ0v) is 28.2. The molecule has 3 nitrogen and oxygen atoms in total. The van der Waals surface area contributed by atoms with Gasteiger partial charge in [0.15, 0.2) is 11.5 Å². The Hall–Kier alpha value is -7.15. The van der Waals surface area contributed by atoms with E-state index in [2.05, 4.69) is 144 Å². The minimum Gasteiger partial charge on any atom is -0.238 e. The van der Waals surface area contributed by atoms with Crippen LogP contribution in [-0.2, 0) is 0 Å². The highest BCUT2D eigenvalue weighted by Crippen LogP contribution is 2.40. The van der Waals surface area contributed by atoms with E-state index in [0.29, 0.717) is 11.5 Å². The van der Waals surface area contributed by atoms with Crippen molar-refractivity contribution in [1.29, 1.82) is 0 Å². The number of hydrogen-bond acceptors (Lipinski definition) is 2. The topological polar surface area (TPSA) is 30.1 Å². The van der Waals surface area contributed by atoms with E-state index in [1.807, 2.05) is 48.5 Å². The van der Waals surface area contributed by atoms with Crippen LogP contribution in [0.4, 0.5) is 5.69 Å². The SMILES string of the molecule is [C-]#[N+]c1ccc(-c2cc(-c3cccc4c(-c5ccc(-c6cc(-c7ccccc7)nc(-c7ccccc7)n6)cc5)cccc34)cc3ccccc23)cc1. The third-order valence-corrected chi connectivity index (χ3v) is 9.72. The molecule has 0 saturated heterocycles. The van der Waals surface area contributed by atoms with Gasteiger partial charge in [-0.05, 0) is 73.1 Å². The zero-order chi connectivity index (χ0) is 34.9. The van der Waals surface area contributed by atoms with Crippen LogP contribution in [0.3, 0.4) is 0 Å². The highest BCUT2D eigenvalue weighted by Gasteiger charge is 2.14. The zero-order valence-electron chi connectivity index (χ0n) is 28.2. The average molecular weight is 662 g/mol. The Morgan fingerprint density at radius 1 is 0.346 bits per heavy atom. The second-order valence-corrected chi connectivity index (χ2v) is 12.9. The summed E-state index contributed by atoms with van der Waals surface area (Å²) in [6.07, 6.45) is 0. The highest BCUT2D eigenvalue weighted by atomic mass is 14.9. The van der Waals surface area contributed by atoms with E-state index in [4.69, 9.17) is 16.5 Å². The van der Waals surface area contributed by atoms with Crippen LogP contribution < -0.4 is 0 Å². The first-order valence-electron chi connectivity index (χ1n) is 17.4. The fourth-order valence-electron chi connectivity index (χ4n) is 7.12. The largest absolute Gasteiger partial charge is 0.238 e. The smallest absolute Gasteiger partial charge is 0.187 e. The minimum atomic E-state index is 0.643. The van der Waals surface area contributed by atoms with E-state index in [9.17, 15) is 0 Å². The van der Waals surface area contributed by atoms with E-state index in [0.717, 1.165) is 50.3 Å². The summed E-state index contributed by atoms with van der Waals surface area (Å²) < 4.78 is 0. The molecule has 0 aliphatic rings. The molecule has 0 saturated carbocycles. The van der Waals surface area contributed by atoms with Gasteiger partial charge in [0.05, 0.1) is 18.0 Å². The van der Waals surface area contributed by atoms with Crippen molar-refractivity contribution in [2.75, 3.05) is 0 Å². The molecule has 0 radical (unpaired) electrons. The molecule has 0 amide bonds. The molecule has 0 N–H and O–H groups in total. The standard InChI is InChI=1S/C49H31N3/c1-50-40-28-26-34(27-29-40)46-31-39(30-38-16-8-9-17-42(38)46)43-19-11-20-44-41(18-10-21-45(43)44)33-22-24-36(25-23-33)48-32-47(35-12-4-2-5-13-35)51-49(52-48)37-14-6-3-7-15-37/h2-32H. The lowest BCUT2D eigenvalue weighted by molar-refractivity contribution is 1.18. The highest BCUT2D eigenvalue weighted by molar-refractivity contribution is 6.07. The summed E-state index contributed by atoms with van der Waals surface area (Å²) in [7, 11) is 0. The van der Waals surface area contributed by atoms with Crippen molar-refractivity contribution < 1.29 is 0 Å². The number of benzene rings is 8. The van der Waals surface area contributed by atoms with Crippen molar-refractivity contribution in [2.24, 2.45) is 0 Å². The Kier molecular flexibility index (Phi) is 7.89. The first-order chi connectivity index (χ1) is 25.7. The second kappa shape index (κ2) is 13.3. The van der Waals surface area contributed by atoms with E-state index >= 15 is 0 Å². The first-order valence-corrected chi connectivity index (χ1v) is 17.4. The third kappa shape index (κ3) is 5.79. The van der Waals surface area contributed by atoms with Gasteiger partial charge >= 0.3 is 0 Å². The van der Waals surface area contributed by atoms with Crippen molar-refractivity contribution >= 4 is 27.2 Å². The summed E-state index contributed by atoms with van der Waals surface area (Å²) in [5.74, 6) is 0.708. The van der Waals surface area contributed by atoms with Crippen LogP contribution >= 0.6 is 0 Å². The average Bonchev–Trinajstić information content (AvgIpc) is 3.23. The van der Waals surface area contributed by atoms with Gasteiger partial charge in [0.2, 0.25) is 0 Å². The maximum atomic E-state index is 7.40.